The number of carbonyl (C=O) groups is 3. The SMILES string of the molecule is CCN(CC)c1ccc(NC(=O)C2N([C@@H](CO)CC(C)C)C(=O)[C@@H]3[C@@H](C(=O)Nc4ccccc4)[C@@H]4SC23CC4Br)cc1. The molecule has 2 bridgehead atoms. The fourth-order valence-electron chi connectivity index (χ4n) is 7.18. The monoisotopic (exact) mass is 656 g/mol. The van der Waals surface area contributed by atoms with E-state index in [1.807, 2.05) is 68.4 Å². The number of benzene rings is 2. The molecule has 10 heteroatoms. The predicted octanol–water partition coefficient (Wildman–Crippen LogP) is 4.98. The molecule has 3 amide bonds. The molecule has 2 aromatic carbocycles. The number of nitrogens with zero attached hydrogens (tertiary/aromatic N) is 2. The molecule has 8 nitrogen and oxygen atoms in total. The van der Waals surface area contributed by atoms with Crippen LogP contribution in [0.2, 0.25) is 0 Å². The van der Waals surface area contributed by atoms with E-state index in [0.29, 0.717) is 24.2 Å². The molecule has 3 saturated heterocycles. The first-order valence-corrected chi connectivity index (χ1v) is 16.7. The molecule has 5 rings (SSSR count). The van der Waals surface area contributed by atoms with Crippen LogP contribution < -0.4 is 15.5 Å². The van der Waals surface area contributed by atoms with Crippen LogP contribution in [0.4, 0.5) is 17.1 Å². The predicted molar refractivity (Wildman–Crippen MR) is 173 cm³/mol. The second-order valence-electron chi connectivity index (χ2n) is 11.9. The average Bonchev–Trinajstić information content (AvgIpc) is 3.57. The van der Waals surface area contributed by atoms with Crippen LogP contribution in [0.1, 0.15) is 40.5 Å². The maximum atomic E-state index is 14.4. The number of carbonyl (C=O) groups excluding carboxylic acids is 3. The van der Waals surface area contributed by atoms with Crippen LogP contribution in [-0.2, 0) is 14.4 Å². The molecule has 0 aliphatic carbocycles. The minimum atomic E-state index is -0.821. The van der Waals surface area contributed by atoms with Crippen molar-refractivity contribution >= 4 is 62.5 Å². The molecule has 2 aromatic rings. The molecule has 3 heterocycles. The van der Waals surface area contributed by atoms with Gasteiger partial charge in [0.25, 0.3) is 0 Å². The van der Waals surface area contributed by atoms with Gasteiger partial charge in [-0.2, -0.15) is 0 Å². The number of thioether (sulfide) groups is 1. The lowest BCUT2D eigenvalue weighted by Gasteiger charge is -2.37. The van der Waals surface area contributed by atoms with Crippen molar-refractivity contribution < 1.29 is 19.5 Å². The summed E-state index contributed by atoms with van der Waals surface area (Å²) in [6, 6.07) is 15.7. The lowest BCUT2D eigenvalue weighted by atomic mass is 9.70. The van der Waals surface area contributed by atoms with E-state index >= 15 is 0 Å². The highest BCUT2D eigenvalue weighted by Crippen LogP contribution is 2.68. The number of amides is 3. The Hall–Kier alpha value is -2.56. The molecule has 0 aromatic heterocycles. The number of nitrogens with one attached hydrogen (secondary N) is 2. The van der Waals surface area contributed by atoms with E-state index in [1.54, 1.807) is 16.7 Å². The Morgan fingerprint density at radius 3 is 2.26 bits per heavy atom. The van der Waals surface area contributed by atoms with Gasteiger partial charge >= 0.3 is 0 Å². The highest BCUT2D eigenvalue weighted by Gasteiger charge is 2.76. The Kier molecular flexibility index (Phi) is 9.25. The number of hydrogen-bond acceptors (Lipinski definition) is 6. The molecule has 3 aliphatic heterocycles. The first-order valence-electron chi connectivity index (χ1n) is 14.9. The van der Waals surface area contributed by atoms with Crippen LogP contribution in [0, 0.1) is 17.8 Å². The zero-order valence-corrected chi connectivity index (χ0v) is 27.0. The van der Waals surface area contributed by atoms with E-state index in [4.69, 9.17) is 0 Å². The van der Waals surface area contributed by atoms with Crippen LogP contribution in [-0.4, -0.2) is 74.3 Å². The van der Waals surface area contributed by atoms with E-state index < -0.39 is 28.7 Å². The van der Waals surface area contributed by atoms with E-state index in [-0.39, 0.29) is 40.3 Å². The van der Waals surface area contributed by atoms with E-state index in [2.05, 4.69) is 45.3 Å². The molecular formula is C32H41BrN4O4S. The van der Waals surface area contributed by atoms with Crippen LogP contribution in [0.3, 0.4) is 0 Å². The first-order chi connectivity index (χ1) is 20.1. The maximum Gasteiger partial charge on any atom is 0.248 e. The maximum absolute atomic E-state index is 14.4. The van der Waals surface area contributed by atoms with Crippen LogP contribution >= 0.6 is 27.7 Å². The van der Waals surface area contributed by atoms with Gasteiger partial charge in [0.2, 0.25) is 17.7 Å². The van der Waals surface area contributed by atoms with Crippen molar-refractivity contribution in [3.05, 3.63) is 54.6 Å². The van der Waals surface area contributed by atoms with Gasteiger partial charge in [0, 0.05) is 40.2 Å². The molecule has 3 N–H and O–H groups in total. The number of alkyl halides is 1. The van der Waals surface area contributed by atoms with Gasteiger partial charge in [0.1, 0.15) is 6.04 Å². The lowest BCUT2D eigenvalue weighted by molar-refractivity contribution is -0.141. The number of likely N-dealkylation sites (tertiary alicyclic amines) is 1. The number of para-hydroxylation sites is 1. The molecule has 1 spiro atoms. The molecule has 42 heavy (non-hydrogen) atoms. The Labute approximate surface area is 261 Å². The molecule has 3 aliphatic rings. The van der Waals surface area contributed by atoms with Crippen molar-refractivity contribution in [1.82, 2.24) is 4.90 Å². The average molecular weight is 658 g/mol. The van der Waals surface area contributed by atoms with Gasteiger partial charge in [0.05, 0.1) is 29.2 Å². The zero-order chi connectivity index (χ0) is 30.2. The van der Waals surface area contributed by atoms with E-state index in [9.17, 15) is 19.5 Å². The second-order valence-corrected chi connectivity index (χ2v) is 14.7. The summed E-state index contributed by atoms with van der Waals surface area (Å²) in [6.07, 6.45) is 1.14. The molecule has 7 atom stereocenters. The van der Waals surface area contributed by atoms with Crippen molar-refractivity contribution in [3.63, 3.8) is 0 Å². The molecule has 0 saturated carbocycles. The highest BCUT2D eigenvalue weighted by atomic mass is 79.9. The summed E-state index contributed by atoms with van der Waals surface area (Å²) in [5.41, 5.74) is 2.40. The number of halogens is 1. The van der Waals surface area contributed by atoms with E-state index in [1.165, 1.54) is 0 Å². The second kappa shape index (κ2) is 12.6. The van der Waals surface area contributed by atoms with Crippen molar-refractivity contribution in [2.45, 2.75) is 67.4 Å². The summed E-state index contributed by atoms with van der Waals surface area (Å²) in [6.45, 7) is 9.81. The van der Waals surface area contributed by atoms with Gasteiger partial charge < -0.3 is 25.5 Å². The minimum Gasteiger partial charge on any atom is -0.394 e. The van der Waals surface area contributed by atoms with Gasteiger partial charge in [0.15, 0.2) is 0 Å². The van der Waals surface area contributed by atoms with Crippen molar-refractivity contribution in [2.24, 2.45) is 17.8 Å². The largest absolute Gasteiger partial charge is 0.394 e. The minimum absolute atomic E-state index is 0.0284. The van der Waals surface area contributed by atoms with Crippen LogP contribution in [0.15, 0.2) is 54.6 Å². The normalized spacial score (nSPS) is 28.6. The summed E-state index contributed by atoms with van der Waals surface area (Å²) in [7, 11) is 0. The first kappa shape index (κ1) is 30.9. The third-order valence-electron chi connectivity index (χ3n) is 8.93. The zero-order valence-electron chi connectivity index (χ0n) is 24.6. The molecule has 3 fully saturated rings. The Morgan fingerprint density at radius 2 is 1.67 bits per heavy atom. The summed E-state index contributed by atoms with van der Waals surface area (Å²) < 4.78 is -0.787. The number of hydrogen-bond donors (Lipinski definition) is 3. The van der Waals surface area contributed by atoms with Crippen molar-refractivity contribution in [3.8, 4) is 0 Å². The Bertz CT molecular complexity index is 1290. The van der Waals surface area contributed by atoms with Gasteiger partial charge in [-0.25, -0.2) is 0 Å². The topological polar surface area (TPSA) is 102 Å². The lowest BCUT2D eigenvalue weighted by Crippen LogP contribution is -2.55. The summed E-state index contributed by atoms with van der Waals surface area (Å²) in [4.78, 5) is 46.3. The van der Waals surface area contributed by atoms with Gasteiger partial charge in [-0.1, -0.05) is 48.0 Å². The van der Waals surface area contributed by atoms with Gasteiger partial charge in [-0.15, -0.1) is 11.8 Å². The summed E-state index contributed by atoms with van der Waals surface area (Å²) >= 11 is 5.42. The molecule has 0 radical (unpaired) electrons. The Balaban J connectivity index is 1.49. The number of aliphatic hydroxyl groups is 1. The number of fused-ring (bicyclic) bond motifs is 1. The third kappa shape index (κ3) is 5.46. The standard InChI is InChI=1S/C32H41BrN4O4S/c1-5-36(6-2)22-14-12-21(13-15-22)35-30(40)28-32-17-24(33)27(42-32)25(29(39)34-20-10-8-7-9-11-20)26(32)31(41)37(28)23(18-38)16-19(3)4/h7-15,19,23-28,38H,5-6,16-18H2,1-4H3,(H,34,39)(H,35,40)/t23-,24?,25-,26+,27-,28?,32?/m1/s1. The van der Waals surface area contributed by atoms with E-state index in [0.717, 1.165) is 18.8 Å². The number of rotatable bonds is 11. The van der Waals surface area contributed by atoms with Crippen molar-refractivity contribution in [2.75, 3.05) is 35.2 Å². The van der Waals surface area contributed by atoms with Crippen LogP contribution in [0.25, 0.3) is 0 Å². The molecular weight excluding hydrogens is 616 g/mol. The highest BCUT2D eigenvalue weighted by molar-refractivity contribution is 9.09. The number of anilines is 3. The molecule has 3 unspecified atom stereocenters. The van der Waals surface area contributed by atoms with Crippen molar-refractivity contribution in [1.29, 1.82) is 0 Å². The van der Waals surface area contributed by atoms with Crippen LogP contribution in [0.5, 0.6) is 0 Å². The fraction of sp³-hybridized carbons (Fsp3) is 0.531. The summed E-state index contributed by atoms with van der Waals surface area (Å²) in [5, 5.41) is 16.5. The van der Waals surface area contributed by atoms with Gasteiger partial charge in [-0.05, 0) is 69.0 Å². The number of aliphatic hydroxyl groups excluding tert-OH is 1. The Morgan fingerprint density at radius 1 is 1.05 bits per heavy atom. The summed E-state index contributed by atoms with van der Waals surface area (Å²) in [5.74, 6) is -1.76. The fourth-order valence-corrected chi connectivity index (χ4v) is 10.8. The van der Waals surface area contributed by atoms with Gasteiger partial charge in [-0.3, -0.25) is 14.4 Å². The molecule has 226 valence electrons. The quantitative estimate of drug-likeness (QED) is 0.295. The third-order valence-corrected chi connectivity index (χ3v) is 12.2. The smallest absolute Gasteiger partial charge is 0.248 e.